The van der Waals surface area contributed by atoms with Crippen LogP contribution < -0.4 is 10.6 Å². The number of rotatable bonds is 6. The highest BCUT2D eigenvalue weighted by molar-refractivity contribution is 7.95. The van der Waals surface area contributed by atoms with Crippen LogP contribution in [-0.2, 0) is 16.6 Å². The maximum atomic E-state index is 12.5. The number of nitrogens with zero attached hydrogens (tertiary/aromatic N) is 1. The van der Waals surface area contributed by atoms with Crippen molar-refractivity contribution in [3.8, 4) is 0 Å². The Bertz CT molecular complexity index is 663. The number of fused-ring (bicyclic) bond motifs is 2. The third-order valence-electron chi connectivity index (χ3n) is 4.85. The van der Waals surface area contributed by atoms with Crippen LogP contribution in [0.2, 0.25) is 5.02 Å². The van der Waals surface area contributed by atoms with Crippen LogP contribution in [0.15, 0.2) is 24.3 Å². The summed E-state index contributed by atoms with van der Waals surface area (Å²) in [6, 6.07) is 7.99. The summed E-state index contributed by atoms with van der Waals surface area (Å²) in [7, 11) is 0.568. The van der Waals surface area contributed by atoms with Gasteiger partial charge in [0.2, 0.25) is 5.91 Å². The molecule has 25 heavy (non-hydrogen) atoms. The SMILES string of the molecule is O=C(NCCC(=O)N(P=S)C1C[C@H]2CC[C@@H](C1)N2)c1cccc(Cl)c1. The van der Waals surface area contributed by atoms with Gasteiger partial charge in [0, 0.05) is 41.7 Å². The van der Waals surface area contributed by atoms with E-state index in [1.54, 1.807) is 28.9 Å². The zero-order valence-corrected chi connectivity index (χ0v) is 16.2. The van der Waals surface area contributed by atoms with E-state index in [4.69, 9.17) is 23.4 Å². The van der Waals surface area contributed by atoms with Gasteiger partial charge in [-0.25, -0.2) is 0 Å². The number of carbonyl (C=O) groups excluding carboxylic acids is 2. The second-order valence-corrected chi connectivity index (χ2v) is 8.12. The number of amides is 2. The van der Waals surface area contributed by atoms with Crippen LogP contribution >= 0.6 is 19.1 Å². The molecule has 5 nitrogen and oxygen atoms in total. The smallest absolute Gasteiger partial charge is 0.251 e. The van der Waals surface area contributed by atoms with Gasteiger partial charge in [0.05, 0.1) is 7.51 Å². The van der Waals surface area contributed by atoms with Crippen molar-refractivity contribution < 1.29 is 9.59 Å². The molecule has 2 bridgehead atoms. The fraction of sp³-hybridized carbons (Fsp3) is 0.529. The lowest BCUT2D eigenvalue weighted by atomic mass is 9.99. The third-order valence-corrected chi connectivity index (χ3v) is 6.34. The minimum absolute atomic E-state index is 0.00867. The number of carbonyl (C=O) groups is 2. The van der Waals surface area contributed by atoms with Crippen LogP contribution in [0.3, 0.4) is 0 Å². The summed E-state index contributed by atoms with van der Waals surface area (Å²) in [5, 5.41) is 6.86. The molecule has 0 radical (unpaired) electrons. The van der Waals surface area contributed by atoms with Gasteiger partial charge in [-0.3, -0.25) is 14.3 Å². The Kier molecular flexibility index (Phi) is 6.39. The van der Waals surface area contributed by atoms with Gasteiger partial charge in [-0.1, -0.05) is 17.7 Å². The number of nitrogens with one attached hydrogen (secondary N) is 2. The summed E-state index contributed by atoms with van der Waals surface area (Å²) >= 11 is 11.1. The van der Waals surface area contributed by atoms with Crippen molar-refractivity contribution in [2.24, 2.45) is 0 Å². The minimum Gasteiger partial charge on any atom is -0.352 e. The van der Waals surface area contributed by atoms with Crippen LogP contribution in [0.1, 0.15) is 42.5 Å². The quantitative estimate of drug-likeness (QED) is 0.724. The number of benzene rings is 1. The second kappa shape index (κ2) is 8.54. The molecular weight excluding hydrogens is 377 g/mol. The Balaban J connectivity index is 1.49. The number of hydrogen-bond acceptors (Lipinski definition) is 4. The molecule has 1 aromatic rings. The van der Waals surface area contributed by atoms with Gasteiger partial charge in [0.25, 0.3) is 5.91 Å². The number of hydrogen-bond donors (Lipinski definition) is 2. The van der Waals surface area contributed by atoms with Gasteiger partial charge in [0.1, 0.15) is 0 Å². The summed E-state index contributed by atoms with van der Waals surface area (Å²) in [6.07, 6.45) is 4.58. The predicted molar refractivity (Wildman–Crippen MR) is 103 cm³/mol. The molecular formula is C17H21ClN3O2PS. The first kappa shape index (κ1) is 18.7. The maximum Gasteiger partial charge on any atom is 0.251 e. The molecule has 2 amide bonds. The highest BCUT2D eigenvalue weighted by Crippen LogP contribution is 2.32. The highest BCUT2D eigenvalue weighted by Gasteiger charge is 2.37. The molecule has 2 aliphatic heterocycles. The first-order valence-electron chi connectivity index (χ1n) is 8.52. The Morgan fingerprint density at radius 2 is 2.04 bits per heavy atom. The first-order chi connectivity index (χ1) is 12.1. The molecule has 2 N–H and O–H groups in total. The Morgan fingerprint density at radius 1 is 1.32 bits per heavy atom. The van der Waals surface area contributed by atoms with Gasteiger partial charge in [-0.05, 0) is 55.7 Å². The molecule has 2 aliphatic rings. The fourth-order valence-electron chi connectivity index (χ4n) is 3.67. The topological polar surface area (TPSA) is 61.4 Å². The average Bonchev–Trinajstić information content (AvgIpc) is 2.93. The van der Waals surface area contributed by atoms with Gasteiger partial charge in [-0.15, -0.1) is 0 Å². The van der Waals surface area contributed by atoms with Crippen LogP contribution in [0, 0.1) is 0 Å². The summed E-state index contributed by atoms with van der Waals surface area (Å²) in [4.78, 5) is 24.6. The monoisotopic (exact) mass is 397 g/mol. The predicted octanol–water partition coefficient (Wildman–Crippen LogP) is 2.89. The van der Waals surface area contributed by atoms with E-state index in [0.29, 0.717) is 36.7 Å². The van der Waals surface area contributed by atoms with Crippen LogP contribution in [0.4, 0.5) is 0 Å². The molecule has 0 aliphatic carbocycles. The van der Waals surface area contributed by atoms with Crippen molar-refractivity contribution in [1.82, 2.24) is 15.3 Å². The van der Waals surface area contributed by atoms with Crippen molar-refractivity contribution in [1.29, 1.82) is 0 Å². The van der Waals surface area contributed by atoms with Crippen LogP contribution in [0.25, 0.3) is 0 Å². The van der Waals surface area contributed by atoms with E-state index in [2.05, 4.69) is 10.6 Å². The van der Waals surface area contributed by atoms with Gasteiger partial charge in [-0.2, -0.15) is 0 Å². The van der Waals surface area contributed by atoms with Crippen molar-refractivity contribution >= 4 is 42.7 Å². The summed E-state index contributed by atoms with van der Waals surface area (Å²) in [5.74, 6) is -0.216. The Labute approximate surface area is 159 Å². The van der Waals surface area contributed by atoms with E-state index in [1.807, 2.05) is 0 Å². The third kappa shape index (κ3) is 4.76. The minimum atomic E-state index is -0.224. The molecule has 2 fully saturated rings. The summed E-state index contributed by atoms with van der Waals surface area (Å²) in [6.45, 7) is 0.295. The van der Waals surface area contributed by atoms with E-state index < -0.39 is 0 Å². The van der Waals surface area contributed by atoms with Crippen LogP contribution in [-0.4, -0.2) is 41.2 Å². The first-order valence-corrected chi connectivity index (χ1v) is 10.8. The number of piperidine rings is 1. The lowest BCUT2D eigenvalue weighted by Crippen LogP contribution is -2.47. The molecule has 2 heterocycles. The normalized spacial score (nSPS) is 24.9. The molecule has 3 atom stereocenters. The second-order valence-electron chi connectivity index (χ2n) is 6.60. The molecule has 1 aromatic carbocycles. The molecule has 8 heteroatoms. The van der Waals surface area contributed by atoms with Crippen molar-refractivity contribution in [2.45, 2.75) is 50.2 Å². The van der Waals surface area contributed by atoms with Gasteiger partial charge < -0.3 is 10.6 Å². The van der Waals surface area contributed by atoms with E-state index in [0.717, 1.165) is 12.8 Å². The van der Waals surface area contributed by atoms with E-state index in [9.17, 15) is 9.59 Å². The molecule has 2 saturated heterocycles. The Morgan fingerprint density at radius 3 is 2.68 bits per heavy atom. The standard InChI is InChI=1S/C17H21ClN3O2PS/c18-12-3-1-2-11(8-12)17(23)19-7-6-16(22)21(24-25)15-9-13-4-5-14(10-15)20-13/h1-3,8,13-15,20H,4-7,9-10H2,(H,19,23)/t13-,14+,15?. The Hall–Kier alpha value is -1.07. The van der Waals surface area contributed by atoms with E-state index >= 15 is 0 Å². The molecule has 1 unspecified atom stereocenters. The highest BCUT2D eigenvalue weighted by atomic mass is 35.5. The van der Waals surface area contributed by atoms with E-state index in [-0.39, 0.29) is 24.3 Å². The van der Waals surface area contributed by atoms with Crippen molar-refractivity contribution in [2.75, 3.05) is 6.54 Å². The van der Waals surface area contributed by atoms with Crippen molar-refractivity contribution in [3.05, 3.63) is 34.9 Å². The maximum absolute atomic E-state index is 12.5. The lowest BCUT2D eigenvalue weighted by Gasteiger charge is -2.34. The molecule has 0 saturated carbocycles. The zero-order chi connectivity index (χ0) is 17.8. The molecule has 0 spiro atoms. The van der Waals surface area contributed by atoms with Crippen LogP contribution in [0.5, 0.6) is 0 Å². The zero-order valence-electron chi connectivity index (χ0n) is 13.8. The van der Waals surface area contributed by atoms with Gasteiger partial charge in [0.15, 0.2) is 0 Å². The average molecular weight is 398 g/mol. The van der Waals surface area contributed by atoms with Crippen molar-refractivity contribution in [3.63, 3.8) is 0 Å². The fourth-order valence-corrected chi connectivity index (χ4v) is 5.05. The van der Waals surface area contributed by atoms with E-state index in [1.165, 1.54) is 12.8 Å². The van der Waals surface area contributed by atoms with Gasteiger partial charge >= 0.3 is 0 Å². The summed E-state index contributed by atoms with van der Waals surface area (Å²) in [5.41, 5.74) is 0.494. The largest absolute Gasteiger partial charge is 0.352 e. The molecule has 134 valence electrons. The number of halogens is 1. The molecule has 0 aromatic heterocycles. The molecule has 3 rings (SSSR count). The lowest BCUT2D eigenvalue weighted by molar-refractivity contribution is -0.128. The summed E-state index contributed by atoms with van der Waals surface area (Å²) < 4.78 is 1.78.